The smallest absolute Gasteiger partial charge is 0.149 e. The maximum atomic E-state index is 13.2. The summed E-state index contributed by atoms with van der Waals surface area (Å²) in [7, 11) is 1.87. The standard InChI is InChI=1S/C13H14FN5/c1-9(13-18-17-8-19(13)2)16-7-10-3-4-12(14)11(5-10)6-15/h3-5,8-9,16H,7H2,1-2H3. The van der Waals surface area contributed by atoms with Crippen molar-refractivity contribution in [2.24, 2.45) is 7.05 Å². The lowest BCUT2D eigenvalue weighted by Crippen LogP contribution is -2.21. The van der Waals surface area contributed by atoms with Crippen molar-refractivity contribution < 1.29 is 4.39 Å². The summed E-state index contributed by atoms with van der Waals surface area (Å²) in [5.74, 6) is 0.329. The molecule has 0 aliphatic heterocycles. The van der Waals surface area contributed by atoms with Crippen LogP contribution in [0.15, 0.2) is 24.5 Å². The highest BCUT2D eigenvalue weighted by Crippen LogP contribution is 2.12. The molecule has 0 fully saturated rings. The normalized spacial score (nSPS) is 12.1. The Kier molecular flexibility index (Phi) is 3.88. The molecule has 5 nitrogen and oxygen atoms in total. The lowest BCUT2D eigenvalue weighted by Gasteiger charge is -2.13. The summed E-state index contributed by atoms with van der Waals surface area (Å²) in [6, 6.07) is 6.36. The van der Waals surface area contributed by atoms with Crippen molar-refractivity contribution in [1.82, 2.24) is 20.1 Å². The van der Waals surface area contributed by atoms with Gasteiger partial charge in [0.2, 0.25) is 0 Å². The number of nitrogens with one attached hydrogen (secondary N) is 1. The number of hydrogen-bond acceptors (Lipinski definition) is 4. The molecular weight excluding hydrogens is 245 g/mol. The van der Waals surface area contributed by atoms with Gasteiger partial charge in [0.15, 0.2) is 0 Å². The van der Waals surface area contributed by atoms with E-state index in [2.05, 4.69) is 15.5 Å². The summed E-state index contributed by atoms with van der Waals surface area (Å²) in [5.41, 5.74) is 0.914. The van der Waals surface area contributed by atoms with Gasteiger partial charge in [-0.15, -0.1) is 10.2 Å². The number of hydrogen-bond donors (Lipinski definition) is 1. The van der Waals surface area contributed by atoms with Crippen LogP contribution in [0.2, 0.25) is 0 Å². The van der Waals surface area contributed by atoms with Crippen LogP contribution in [0.3, 0.4) is 0 Å². The molecule has 1 atom stereocenters. The lowest BCUT2D eigenvalue weighted by molar-refractivity contribution is 0.527. The van der Waals surface area contributed by atoms with Crippen LogP contribution in [0.4, 0.5) is 4.39 Å². The van der Waals surface area contributed by atoms with Gasteiger partial charge in [-0.1, -0.05) is 6.07 Å². The van der Waals surface area contributed by atoms with Gasteiger partial charge in [-0.3, -0.25) is 0 Å². The highest BCUT2D eigenvalue weighted by molar-refractivity contribution is 5.34. The highest BCUT2D eigenvalue weighted by Gasteiger charge is 2.11. The van der Waals surface area contributed by atoms with Crippen molar-refractivity contribution in [2.75, 3.05) is 0 Å². The Labute approximate surface area is 110 Å². The first kappa shape index (κ1) is 13.2. The zero-order valence-electron chi connectivity index (χ0n) is 10.8. The van der Waals surface area contributed by atoms with E-state index in [0.717, 1.165) is 11.4 Å². The van der Waals surface area contributed by atoms with Crippen LogP contribution in [0.5, 0.6) is 0 Å². The SMILES string of the molecule is CC(NCc1ccc(F)c(C#N)c1)c1nncn1C. The van der Waals surface area contributed by atoms with Gasteiger partial charge in [0.05, 0.1) is 11.6 Å². The van der Waals surface area contributed by atoms with E-state index in [1.807, 2.05) is 24.6 Å². The van der Waals surface area contributed by atoms with Gasteiger partial charge in [0.1, 0.15) is 24.0 Å². The molecule has 1 aromatic heterocycles. The average molecular weight is 259 g/mol. The van der Waals surface area contributed by atoms with Gasteiger partial charge in [-0.2, -0.15) is 5.26 Å². The van der Waals surface area contributed by atoms with Crippen LogP contribution in [-0.4, -0.2) is 14.8 Å². The van der Waals surface area contributed by atoms with Crippen molar-refractivity contribution in [3.8, 4) is 6.07 Å². The summed E-state index contributed by atoms with van der Waals surface area (Å²) >= 11 is 0. The monoisotopic (exact) mass is 259 g/mol. The molecule has 2 aromatic rings. The summed E-state index contributed by atoms with van der Waals surface area (Å²) in [5, 5.41) is 19.9. The molecular formula is C13H14FN5. The Hall–Kier alpha value is -2.26. The van der Waals surface area contributed by atoms with E-state index >= 15 is 0 Å². The van der Waals surface area contributed by atoms with E-state index in [4.69, 9.17) is 5.26 Å². The molecule has 98 valence electrons. The molecule has 0 saturated carbocycles. The minimum Gasteiger partial charge on any atom is -0.319 e. The summed E-state index contributed by atoms with van der Waals surface area (Å²) in [4.78, 5) is 0. The van der Waals surface area contributed by atoms with Crippen molar-refractivity contribution in [3.05, 3.63) is 47.3 Å². The molecule has 1 unspecified atom stereocenters. The fraction of sp³-hybridized carbons (Fsp3) is 0.308. The predicted octanol–water partition coefficient (Wildman–Crippen LogP) is 1.68. The topological polar surface area (TPSA) is 66.5 Å². The Morgan fingerprint density at radius 3 is 2.95 bits per heavy atom. The molecule has 0 radical (unpaired) electrons. The zero-order chi connectivity index (χ0) is 13.8. The Morgan fingerprint density at radius 2 is 2.32 bits per heavy atom. The van der Waals surface area contributed by atoms with Gasteiger partial charge >= 0.3 is 0 Å². The van der Waals surface area contributed by atoms with Gasteiger partial charge in [0.25, 0.3) is 0 Å². The van der Waals surface area contributed by atoms with Crippen LogP contribution in [0.25, 0.3) is 0 Å². The average Bonchev–Trinajstić information content (AvgIpc) is 2.83. The maximum Gasteiger partial charge on any atom is 0.149 e. The second kappa shape index (κ2) is 5.59. The zero-order valence-corrected chi connectivity index (χ0v) is 10.8. The van der Waals surface area contributed by atoms with E-state index in [0.29, 0.717) is 6.54 Å². The highest BCUT2D eigenvalue weighted by atomic mass is 19.1. The van der Waals surface area contributed by atoms with Gasteiger partial charge in [0, 0.05) is 13.6 Å². The second-order valence-electron chi connectivity index (χ2n) is 4.33. The predicted molar refractivity (Wildman–Crippen MR) is 67.4 cm³/mol. The van der Waals surface area contributed by atoms with Crippen molar-refractivity contribution in [1.29, 1.82) is 5.26 Å². The van der Waals surface area contributed by atoms with Crippen LogP contribution in [0, 0.1) is 17.1 Å². The third-order valence-electron chi connectivity index (χ3n) is 2.90. The number of halogens is 1. The summed E-state index contributed by atoms with van der Waals surface area (Å²) in [6.45, 7) is 2.50. The molecule has 6 heteroatoms. The fourth-order valence-corrected chi connectivity index (χ4v) is 1.81. The Bertz CT molecular complexity index is 614. The number of aromatic nitrogens is 3. The van der Waals surface area contributed by atoms with Crippen LogP contribution in [-0.2, 0) is 13.6 Å². The van der Waals surface area contributed by atoms with Crippen LogP contribution < -0.4 is 5.32 Å². The van der Waals surface area contributed by atoms with Crippen LogP contribution in [0.1, 0.15) is 29.9 Å². The molecule has 1 N–H and O–H groups in total. The first-order valence-corrected chi connectivity index (χ1v) is 5.87. The molecule has 19 heavy (non-hydrogen) atoms. The molecule has 1 heterocycles. The maximum absolute atomic E-state index is 13.2. The van der Waals surface area contributed by atoms with Crippen molar-refractivity contribution in [3.63, 3.8) is 0 Å². The summed E-state index contributed by atoms with van der Waals surface area (Å²) < 4.78 is 15.0. The summed E-state index contributed by atoms with van der Waals surface area (Å²) in [6.07, 6.45) is 1.64. The molecule has 0 aliphatic rings. The number of rotatable bonds is 4. The molecule has 0 spiro atoms. The van der Waals surface area contributed by atoms with E-state index in [9.17, 15) is 4.39 Å². The molecule has 0 bridgehead atoms. The number of nitriles is 1. The third kappa shape index (κ3) is 2.95. The Balaban J connectivity index is 2.03. The number of benzene rings is 1. The first-order chi connectivity index (χ1) is 9.11. The number of aryl methyl sites for hydroxylation is 1. The largest absolute Gasteiger partial charge is 0.319 e. The van der Waals surface area contributed by atoms with Crippen molar-refractivity contribution >= 4 is 0 Å². The lowest BCUT2D eigenvalue weighted by atomic mass is 10.1. The molecule has 0 amide bonds. The van der Waals surface area contributed by atoms with Gasteiger partial charge < -0.3 is 9.88 Å². The third-order valence-corrected chi connectivity index (χ3v) is 2.90. The molecule has 0 aliphatic carbocycles. The molecule has 0 saturated heterocycles. The van der Waals surface area contributed by atoms with E-state index < -0.39 is 5.82 Å². The minimum atomic E-state index is -0.493. The van der Waals surface area contributed by atoms with Crippen LogP contribution >= 0.6 is 0 Å². The van der Waals surface area contributed by atoms with Gasteiger partial charge in [-0.25, -0.2) is 4.39 Å². The van der Waals surface area contributed by atoms with Gasteiger partial charge in [-0.05, 0) is 24.6 Å². The van der Waals surface area contributed by atoms with Crippen molar-refractivity contribution in [2.45, 2.75) is 19.5 Å². The Morgan fingerprint density at radius 1 is 1.53 bits per heavy atom. The fourth-order valence-electron chi connectivity index (χ4n) is 1.81. The quantitative estimate of drug-likeness (QED) is 0.907. The van der Waals surface area contributed by atoms with E-state index in [1.165, 1.54) is 6.07 Å². The molecule has 1 aromatic carbocycles. The second-order valence-corrected chi connectivity index (χ2v) is 4.33. The number of nitrogens with zero attached hydrogens (tertiary/aromatic N) is 4. The molecule has 2 rings (SSSR count). The van der Waals surface area contributed by atoms with E-state index in [-0.39, 0.29) is 11.6 Å². The minimum absolute atomic E-state index is 0.0167. The van der Waals surface area contributed by atoms with E-state index in [1.54, 1.807) is 18.5 Å². The first-order valence-electron chi connectivity index (χ1n) is 5.87.